The van der Waals surface area contributed by atoms with Crippen molar-refractivity contribution in [3.63, 3.8) is 0 Å². The fourth-order valence-corrected chi connectivity index (χ4v) is 3.51. The molecule has 0 radical (unpaired) electrons. The molecule has 3 fully saturated rings. The summed E-state index contributed by atoms with van der Waals surface area (Å²) in [4.78, 5) is 2.55. The highest BCUT2D eigenvalue weighted by Gasteiger charge is 2.42. The van der Waals surface area contributed by atoms with Crippen molar-refractivity contribution in [3.8, 4) is 0 Å². The smallest absolute Gasteiger partial charge is 0.0718 e. The maximum absolute atomic E-state index is 9.81. The molecule has 3 rings (SSSR count). The molecule has 4 atom stereocenters. The molecule has 0 amide bonds. The molecule has 0 aromatic heterocycles. The summed E-state index contributed by atoms with van der Waals surface area (Å²) in [7, 11) is 4.12. The van der Waals surface area contributed by atoms with Gasteiger partial charge in [-0.1, -0.05) is 0 Å². The number of likely N-dealkylation sites (tertiary alicyclic amines) is 1. The van der Waals surface area contributed by atoms with E-state index in [0.29, 0.717) is 18.2 Å². The largest absolute Gasteiger partial charge is 0.392 e. The van der Waals surface area contributed by atoms with Gasteiger partial charge in [-0.05, 0) is 12.8 Å². The molecule has 17 heavy (non-hydrogen) atoms. The van der Waals surface area contributed by atoms with E-state index >= 15 is 0 Å². The number of hydrazine groups is 1. The van der Waals surface area contributed by atoms with Crippen molar-refractivity contribution < 1.29 is 9.84 Å². The zero-order valence-electron chi connectivity index (χ0n) is 10.7. The van der Waals surface area contributed by atoms with Crippen LogP contribution in [-0.2, 0) is 4.74 Å². The molecule has 98 valence electrons. The zero-order valence-corrected chi connectivity index (χ0v) is 10.7. The van der Waals surface area contributed by atoms with Gasteiger partial charge in [-0.2, -0.15) is 0 Å². The van der Waals surface area contributed by atoms with Gasteiger partial charge in [0, 0.05) is 45.8 Å². The lowest BCUT2D eigenvalue weighted by Crippen LogP contribution is -2.49. The van der Waals surface area contributed by atoms with E-state index in [4.69, 9.17) is 4.74 Å². The molecule has 2 bridgehead atoms. The number of aliphatic hydroxyl groups excluding tert-OH is 1. The second kappa shape index (κ2) is 4.48. The third-order valence-electron chi connectivity index (χ3n) is 4.34. The monoisotopic (exact) mass is 241 g/mol. The summed E-state index contributed by atoms with van der Waals surface area (Å²) >= 11 is 0. The molecular weight excluding hydrogens is 218 g/mol. The lowest BCUT2D eigenvalue weighted by Gasteiger charge is -2.35. The highest BCUT2D eigenvalue weighted by molar-refractivity contribution is 4.95. The normalized spacial score (nSPS) is 43.1. The number of hydrogen-bond acceptors (Lipinski definition) is 5. The maximum atomic E-state index is 9.81. The maximum Gasteiger partial charge on any atom is 0.0718 e. The predicted octanol–water partition coefficient (Wildman–Crippen LogP) is -0.629. The standard InChI is InChI=1S/C12H23N3O2/c1-13(2)15-6-11(16)3-9(15)5-14-7-12-4-10(14)8-17-12/h9-12,16H,3-8H2,1-2H3. The molecular formula is C12H23N3O2. The molecule has 0 aromatic carbocycles. The fourth-order valence-electron chi connectivity index (χ4n) is 3.51. The first kappa shape index (κ1) is 11.9. The lowest BCUT2D eigenvalue weighted by molar-refractivity contribution is -0.0246. The minimum atomic E-state index is -0.168. The van der Waals surface area contributed by atoms with E-state index < -0.39 is 0 Å². The topological polar surface area (TPSA) is 39.2 Å². The van der Waals surface area contributed by atoms with Crippen molar-refractivity contribution in [1.82, 2.24) is 14.9 Å². The Bertz CT molecular complexity index is 287. The second-order valence-electron chi connectivity index (χ2n) is 5.81. The van der Waals surface area contributed by atoms with Crippen LogP contribution in [0.4, 0.5) is 0 Å². The van der Waals surface area contributed by atoms with Crippen LogP contribution in [0.2, 0.25) is 0 Å². The third-order valence-corrected chi connectivity index (χ3v) is 4.34. The number of morpholine rings is 1. The number of nitrogens with zero attached hydrogens (tertiary/aromatic N) is 3. The van der Waals surface area contributed by atoms with E-state index in [-0.39, 0.29) is 6.10 Å². The summed E-state index contributed by atoms with van der Waals surface area (Å²) in [6.07, 6.45) is 2.40. The summed E-state index contributed by atoms with van der Waals surface area (Å²) in [5.41, 5.74) is 0. The van der Waals surface area contributed by atoms with Crippen LogP contribution in [0.5, 0.6) is 0 Å². The molecule has 4 unspecified atom stereocenters. The van der Waals surface area contributed by atoms with Gasteiger partial charge in [0.25, 0.3) is 0 Å². The average Bonchev–Trinajstić information content (AvgIpc) is 2.93. The van der Waals surface area contributed by atoms with E-state index in [1.165, 1.54) is 6.42 Å². The van der Waals surface area contributed by atoms with Gasteiger partial charge in [0.2, 0.25) is 0 Å². The molecule has 0 saturated carbocycles. The zero-order chi connectivity index (χ0) is 12.0. The molecule has 0 aromatic rings. The van der Waals surface area contributed by atoms with Crippen molar-refractivity contribution in [2.45, 2.75) is 37.1 Å². The Balaban J connectivity index is 1.60. The summed E-state index contributed by atoms with van der Waals surface area (Å²) in [6, 6.07) is 1.08. The highest BCUT2D eigenvalue weighted by Crippen LogP contribution is 2.30. The van der Waals surface area contributed by atoms with E-state index in [1.807, 2.05) is 0 Å². The first-order chi connectivity index (χ1) is 8.13. The number of fused-ring (bicyclic) bond motifs is 2. The Morgan fingerprint density at radius 3 is 2.71 bits per heavy atom. The van der Waals surface area contributed by atoms with Crippen LogP contribution >= 0.6 is 0 Å². The molecule has 5 heteroatoms. The van der Waals surface area contributed by atoms with Gasteiger partial charge >= 0.3 is 0 Å². The van der Waals surface area contributed by atoms with Gasteiger partial charge < -0.3 is 9.84 Å². The number of rotatable bonds is 3. The molecule has 5 nitrogen and oxygen atoms in total. The van der Waals surface area contributed by atoms with Crippen molar-refractivity contribution in [3.05, 3.63) is 0 Å². The molecule has 3 aliphatic heterocycles. The SMILES string of the molecule is CN(C)N1CC(O)CC1CN1CC2CC1CO2. The number of hydrogen-bond donors (Lipinski definition) is 1. The van der Waals surface area contributed by atoms with E-state index in [9.17, 15) is 5.11 Å². The van der Waals surface area contributed by atoms with Gasteiger partial charge in [-0.25, -0.2) is 10.0 Å². The predicted molar refractivity (Wildman–Crippen MR) is 64.5 cm³/mol. The van der Waals surface area contributed by atoms with E-state index in [0.717, 1.165) is 32.7 Å². The Morgan fingerprint density at radius 1 is 1.29 bits per heavy atom. The van der Waals surface area contributed by atoms with Gasteiger partial charge in [0.05, 0.1) is 18.8 Å². The first-order valence-electron chi connectivity index (χ1n) is 6.61. The van der Waals surface area contributed by atoms with E-state index in [2.05, 4.69) is 29.0 Å². The van der Waals surface area contributed by atoms with Gasteiger partial charge in [-0.3, -0.25) is 4.90 Å². The fraction of sp³-hybridized carbons (Fsp3) is 1.00. The molecule has 3 saturated heterocycles. The summed E-state index contributed by atoms with van der Waals surface area (Å²) in [5.74, 6) is 0. The van der Waals surface area contributed by atoms with Crippen LogP contribution in [0.1, 0.15) is 12.8 Å². The molecule has 0 spiro atoms. The molecule has 3 aliphatic rings. The number of β-amino-alcohol motifs (C(OH)–C–C–N with tert-alkyl or cyclic N) is 1. The summed E-state index contributed by atoms with van der Waals surface area (Å²) in [5, 5.41) is 14.2. The minimum Gasteiger partial charge on any atom is -0.392 e. The minimum absolute atomic E-state index is 0.168. The highest BCUT2D eigenvalue weighted by atomic mass is 16.5. The average molecular weight is 241 g/mol. The van der Waals surface area contributed by atoms with Crippen molar-refractivity contribution in [2.75, 3.05) is 40.3 Å². The number of ether oxygens (including phenoxy) is 1. The van der Waals surface area contributed by atoms with Crippen LogP contribution < -0.4 is 0 Å². The quantitative estimate of drug-likeness (QED) is 0.712. The van der Waals surface area contributed by atoms with Crippen LogP contribution in [-0.4, -0.2) is 84.7 Å². The Morgan fingerprint density at radius 2 is 2.12 bits per heavy atom. The molecule has 1 N–H and O–H groups in total. The van der Waals surface area contributed by atoms with Crippen LogP contribution in [0, 0.1) is 0 Å². The van der Waals surface area contributed by atoms with Gasteiger partial charge in [0.1, 0.15) is 0 Å². The van der Waals surface area contributed by atoms with E-state index in [1.54, 1.807) is 0 Å². The van der Waals surface area contributed by atoms with Crippen molar-refractivity contribution in [1.29, 1.82) is 0 Å². The first-order valence-corrected chi connectivity index (χ1v) is 6.61. The molecule has 0 aliphatic carbocycles. The Labute approximate surface area is 103 Å². The third kappa shape index (κ3) is 2.22. The summed E-state index contributed by atoms with van der Waals surface area (Å²) in [6.45, 7) is 3.83. The van der Waals surface area contributed by atoms with Crippen molar-refractivity contribution in [2.24, 2.45) is 0 Å². The lowest BCUT2D eigenvalue weighted by atomic mass is 10.2. The van der Waals surface area contributed by atoms with Crippen LogP contribution in [0.3, 0.4) is 0 Å². The second-order valence-corrected chi connectivity index (χ2v) is 5.81. The summed E-state index contributed by atoms with van der Waals surface area (Å²) < 4.78 is 5.63. The van der Waals surface area contributed by atoms with Crippen LogP contribution in [0.25, 0.3) is 0 Å². The van der Waals surface area contributed by atoms with Gasteiger partial charge in [0.15, 0.2) is 0 Å². The Hall–Kier alpha value is -0.200. The number of aliphatic hydroxyl groups is 1. The Kier molecular flexibility index (Phi) is 3.13. The molecule has 3 heterocycles. The van der Waals surface area contributed by atoms with Crippen LogP contribution in [0.15, 0.2) is 0 Å². The van der Waals surface area contributed by atoms with Gasteiger partial charge in [-0.15, -0.1) is 0 Å². The van der Waals surface area contributed by atoms with Crippen molar-refractivity contribution >= 4 is 0 Å².